The van der Waals surface area contributed by atoms with Crippen molar-refractivity contribution in [2.45, 2.75) is 62.8 Å². The Bertz CT molecular complexity index is 893. The first kappa shape index (κ1) is 22.7. The number of hydrogen-bond donors (Lipinski definition) is 3. The van der Waals surface area contributed by atoms with E-state index in [1.807, 2.05) is 44.2 Å². The van der Waals surface area contributed by atoms with Gasteiger partial charge in [-0.05, 0) is 31.7 Å². The van der Waals surface area contributed by atoms with Gasteiger partial charge in [-0.2, -0.15) is 0 Å². The van der Waals surface area contributed by atoms with Crippen molar-refractivity contribution in [3.8, 4) is 0 Å². The van der Waals surface area contributed by atoms with Gasteiger partial charge >= 0.3 is 0 Å². The zero-order valence-electron chi connectivity index (χ0n) is 19.0. The molecule has 6 atom stereocenters. The van der Waals surface area contributed by atoms with Crippen LogP contribution in [0.2, 0.25) is 0 Å². The van der Waals surface area contributed by atoms with Crippen molar-refractivity contribution in [2.24, 2.45) is 11.8 Å². The average Bonchev–Trinajstić information content (AvgIpc) is 3.36. The number of likely N-dealkylation sites (tertiary alicyclic amines) is 1. The van der Waals surface area contributed by atoms with Crippen molar-refractivity contribution < 1.29 is 24.2 Å². The fourth-order valence-corrected chi connectivity index (χ4v) is 6.07. The van der Waals surface area contributed by atoms with E-state index in [0.717, 1.165) is 18.4 Å². The second kappa shape index (κ2) is 8.48. The highest BCUT2D eigenvalue weighted by Crippen LogP contribution is 2.63. The average molecular weight is 444 g/mol. The van der Waals surface area contributed by atoms with Crippen LogP contribution in [0.4, 0.5) is 0 Å². The molecule has 2 bridgehead atoms. The first-order valence-electron chi connectivity index (χ1n) is 11.5. The molecule has 4 rings (SSSR count). The van der Waals surface area contributed by atoms with Crippen LogP contribution in [-0.2, 0) is 19.1 Å². The maximum Gasteiger partial charge on any atom is 0.245 e. The number of carbonyl (C=O) groups is 3. The van der Waals surface area contributed by atoms with Crippen molar-refractivity contribution in [3.63, 3.8) is 0 Å². The number of unbranched alkanes of at least 4 members (excludes halogenated alkanes) is 1. The van der Waals surface area contributed by atoms with E-state index in [-0.39, 0.29) is 24.3 Å². The van der Waals surface area contributed by atoms with Gasteiger partial charge in [-0.25, -0.2) is 0 Å². The molecular formula is C24H33N3O5. The Labute approximate surface area is 188 Å². The van der Waals surface area contributed by atoms with Crippen LogP contribution >= 0.6 is 0 Å². The summed E-state index contributed by atoms with van der Waals surface area (Å²) in [5.74, 6) is -2.29. The summed E-state index contributed by atoms with van der Waals surface area (Å²) in [7, 11) is 1.55. The number of ether oxygens (including phenoxy) is 1. The van der Waals surface area contributed by atoms with Gasteiger partial charge in [0.15, 0.2) is 0 Å². The summed E-state index contributed by atoms with van der Waals surface area (Å²) in [5, 5.41) is 16.0. The maximum absolute atomic E-state index is 13.9. The highest BCUT2D eigenvalue weighted by molar-refractivity contribution is 5.99. The molecule has 3 aliphatic heterocycles. The molecule has 3 heterocycles. The Hall–Kier alpha value is -2.45. The Balaban J connectivity index is 1.80. The van der Waals surface area contributed by atoms with Crippen LogP contribution in [-0.4, -0.2) is 65.2 Å². The van der Waals surface area contributed by atoms with Gasteiger partial charge in [0.1, 0.15) is 11.6 Å². The molecule has 3 N–H and O–H groups in total. The molecule has 0 saturated carbocycles. The van der Waals surface area contributed by atoms with Crippen LogP contribution in [0.5, 0.6) is 0 Å². The zero-order valence-corrected chi connectivity index (χ0v) is 19.0. The van der Waals surface area contributed by atoms with E-state index in [9.17, 15) is 19.5 Å². The number of benzene rings is 1. The van der Waals surface area contributed by atoms with Gasteiger partial charge in [-0.15, -0.1) is 0 Å². The van der Waals surface area contributed by atoms with Crippen LogP contribution < -0.4 is 10.6 Å². The molecule has 2 unspecified atom stereocenters. The minimum Gasteiger partial charge on any atom is -0.394 e. The highest BCUT2D eigenvalue weighted by Gasteiger charge is 2.78. The monoisotopic (exact) mass is 443 g/mol. The second-order valence-corrected chi connectivity index (χ2v) is 9.34. The lowest BCUT2D eigenvalue weighted by atomic mass is 9.66. The summed E-state index contributed by atoms with van der Waals surface area (Å²) >= 11 is 0. The van der Waals surface area contributed by atoms with Crippen LogP contribution in [0.1, 0.15) is 51.1 Å². The summed E-state index contributed by atoms with van der Waals surface area (Å²) in [6.45, 7) is 4.07. The van der Waals surface area contributed by atoms with Crippen molar-refractivity contribution >= 4 is 17.7 Å². The molecule has 3 amide bonds. The zero-order chi connectivity index (χ0) is 23.1. The van der Waals surface area contributed by atoms with E-state index in [1.165, 1.54) is 4.90 Å². The molecule has 8 nitrogen and oxygen atoms in total. The van der Waals surface area contributed by atoms with E-state index >= 15 is 0 Å². The number of amides is 3. The van der Waals surface area contributed by atoms with E-state index in [4.69, 9.17) is 4.74 Å². The third kappa shape index (κ3) is 3.23. The quantitative estimate of drug-likeness (QED) is 0.523. The number of carbonyl (C=O) groups excluding carboxylic acids is 3. The standard InChI is InChI=1S/C24H33N3O5/c1-4-5-13-26-21(30)19-24-12-11-23(2,32-24)17(20(29)25-3)18(24)22(31)27(19)16(14-28)15-9-7-6-8-10-15/h6-10,16-19,28H,4-5,11-14H2,1-3H3,(H,25,29)(H,26,30)/t16-,17+,18+,19?,23-,24?/m1/s1. The minimum atomic E-state index is -1.08. The fraction of sp³-hybridized carbons (Fsp3) is 0.625. The van der Waals surface area contributed by atoms with Crippen molar-refractivity contribution in [1.29, 1.82) is 0 Å². The molecule has 174 valence electrons. The Morgan fingerprint density at radius 2 is 1.97 bits per heavy atom. The molecule has 1 spiro atoms. The molecular weight excluding hydrogens is 410 g/mol. The number of hydrogen-bond acceptors (Lipinski definition) is 5. The third-order valence-corrected chi connectivity index (χ3v) is 7.51. The normalized spacial score (nSPS) is 33.8. The summed E-state index contributed by atoms with van der Waals surface area (Å²) in [4.78, 5) is 41.8. The van der Waals surface area contributed by atoms with Gasteiger partial charge in [0, 0.05) is 13.6 Å². The number of fused-ring (bicyclic) bond motifs is 1. The van der Waals surface area contributed by atoms with Crippen molar-refractivity contribution in [1.82, 2.24) is 15.5 Å². The highest BCUT2D eigenvalue weighted by atomic mass is 16.5. The summed E-state index contributed by atoms with van der Waals surface area (Å²) in [6.07, 6.45) is 2.86. The first-order valence-corrected chi connectivity index (χ1v) is 11.5. The summed E-state index contributed by atoms with van der Waals surface area (Å²) in [5.41, 5.74) is -1.14. The molecule has 0 radical (unpaired) electrons. The van der Waals surface area contributed by atoms with Gasteiger partial charge in [0.05, 0.1) is 30.1 Å². The molecule has 1 aromatic rings. The lowest BCUT2D eigenvalue weighted by Gasteiger charge is -2.37. The van der Waals surface area contributed by atoms with Gasteiger partial charge < -0.3 is 25.4 Å². The smallest absolute Gasteiger partial charge is 0.245 e. The largest absolute Gasteiger partial charge is 0.394 e. The molecule has 3 fully saturated rings. The Morgan fingerprint density at radius 1 is 1.25 bits per heavy atom. The second-order valence-electron chi connectivity index (χ2n) is 9.34. The van der Waals surface area contributed by atoms with E-state index in [2.05, 4.69) is 10.6 Å². The topological polar surface area (TPSA) is 108 Å². The van der Waals surface area contributed by atoms with Gasteiger partial charge in [-0.3, -0.25) is 14.4 Å². The van der Waals surface area contributed by atoms with Crippen molar-refractivity contribution in [3.05, 3.63) is 35.9 Å². The van der Waals surface area contributed by atoms with E-state index < -0.39 is 35.1 Å². The van der Waals surface area contributed by atoms with Crippen LogP contribution in [0.25, 0.3) is 0 Å². The van der Waals surface area contributed by atoms with Crippen molar-refractivity contribution in [2.75, 3.05) is 20.2 Å². The number of aliphatic hydroxyl groups is 1. The fourth-order valence-electron chi connectivity index (χ4n) is 6.07. The molecule has 0 aromatic heterocycles. The Kier molecular flexibility index (Phi) is 6.02. The minimum absolute atomic E-state index is 0.250. The number of rotatable bonds is 8. The van der Waals surface area contributed by atoms with Crippen LogP contribution in [0, 0.1) is 11.8 Å². The number of nitrogens with one attached hydrogen (secondary N) is 2. The van der Waals surface area contributed by atoms with Gasteiger partial charge in [0.2, 0.25) is 17.7 Å². The van der Waals surface area contributed by atoms with Gasteiger partial charge in [0.25, 0.3) is 0 Å². The van der Waals surface area contributed by atoms with Crippen LogP contribution in [0.15, 0.2) is 30.3 Å². The van der Waals surface area contributed by atoms with E-state index in [1.54, 1.807) is 7.05 Å². The summed E-state index contributed by atoms with van der Waals surface area (Å²) in [6, 6.07) is 7.59. The van der Waals surface area contributed by atoms with Crippen LogP contribution in [0.3, 0.4) is 0 Å². The maximum atomic E-state index is 13.9. The summed E-state index contributed by atoms with van der Waals surface area (Å²) < 4.78 is 6.51. The molecule has 3 aliphatic rings. The van der Waals surface area contributed by atoms with Gasteiger partial charge in [-0.1, -0.05) is 43.7 Å². The SMILES string of the molecule is CCCCNC(=O)C1N([C@H](CO)c2ccccc2)C(=O)[C@@H]2[C@@H](C(=O)NC)[C@@]3(C)CCC12O3. The lowest BCUT2D eigenvalue weighted by Crippen LogP contribution is -2.56. The molecule has 8 heteroatoms. The third-order valence-electron chi connectivity index (χ3n) is 7.51. The molecule has 32 heavy (non-hydrogen) atoms. The molecule has 1 aromatic carbocycles. The van der Waals surface area contributed by atoms with E-state index in [0.29, 0.717) is 19.4 Å². The predicted octanol–water partition coefficient (Wildman–Crippen LogP) is 1.15. The molecule has 3 saturated heterocycles. The Morgan fingerprint density at radius 3 is 2.59 bits per heavy atom. The lowest BCUT2D eigenvalue weighted by molar-refractivity contribution is -0.149. The molecule has 0 aliphatic carbocycles. The number of aliphatic hydroxyl groups excluding tert-OH is 1. The number of nitrogens with zero attached hydrogens (tertiary/aromatic N) is 1. The predicted molar refractivity (Wildman–Crippen MR) is 117 cm³/mol. The first-order chi connectivity index (χ1) is 15.3.